The molecule has 0 atom stereocenters. The fourth-order valence-electron chi connectivity index (χ4n) is 1.70. The number of unbranched alkanes of at least 4 members (excludes halogenated alkanes) is 7. The van der Waals surface area contributed by atoms with Gasteiger partial charge in [-0.1, -0.05) is 65.7 Å². The molecule has 0 unspecified atom stereocenters. The van der Waals surface area contributed by atoms with E-state index < -0.39 is 8.60 Å². The predicted octanol–water partition coefficient (Wildman–Crippen LogP) is 6.22. The number of hydrogen-bond acceptors (Lipinski definition) is 3. The summed E-state index contributed by atoms with van der Waals surface area (Å²) in [6, 6.07) is 0. The van der Waals surface area contributed by atoms with E-state index in [0.717, 1.165) is 51.9 Å². The minimum Gasteiger partial charge on any atom is -0.312 e. The van der Waals surface area contributed by atoms with Gasteiger partial charge in [0.1, 0.15) is 0 Å². The van der Waals surface area contributed by atoms with Crippen molar-refractivity contribution < 1.29 is 13.6 Å². The average molecular weight is 306 g/mol. The summed E-state index contributed by atoms with van der Waals surface area (Å²) < 4.78 is 17.2. The van der Waals surface area contributed by atoms with Crippen LogP contribution >= 0.6 is 8.60 Å². The fraction of sp³-hybridized carbons (Fsp3) is 1.00. The molecule has 0 aliphatic rings. The summed E-state index contributed by atoms with van der Waals surface area (Å²) in [5, 5.41) is 0. The molecule has 0 bridgehead atoms. The van der Waals surface area contributed by atoms with Crippen LogP contribution in [0.4, 0.5) is 0 Å². The second-order valence-corrected chi connectivity index (χ2v) is 6.42. The molecule has 0 saturated carbocycles. The van der Waals surface area contributed by atoms with Crippen molar-refractivity contribution in [3.63, 3.8) is 0 Å². The molecule has 0 aliphatic carbocycles. The first kappa shape index (κ1) is 20.3. The SMILES string of the molecule is CCCCCCCCOP(OCCCC)OCCCC. The Hall–Kier alpha value is 0.310. The lowest BCUT2D eigenvalue weighted by atomic mass is 10.1. The van der Waals surface area contributed by atoms with Crippen LogP contribution in [-0.4, -0.2) is 19.8 Å². The van der Waals surface area contributed by atoms with Crippen molar-refractivity contribution in [1.29, 1.82) is 0 Å². The van der Waals surface area contributed by atoms with Crippen LogP contribution < -0.4 is 0 Å². The van der Waals surface area contributed by atoms with Crippen molar-refractivity contribution in [2.24, 2.45) is 0 Å². The summed E-state index contributed by atoms with van der Waals surface area (Å²) in [4.78, 5) is 0. The largest absolute Gasteiger partial charge is 0.332 e. The number of hydrogen-bond donors (Lipinski definition) is 0. The van der Waals surface area contributed by atoms with E-state index in [1.807, 2.05) is 0 Å². The molecule has 0 radical (unpaired) electrons. The molecule has 0 heterocycles. The Morgan fingerprint density at radius 3 is 1.40 bits per heavy atom. The molecule has 0 rings (SSSR count). The molecule has 20 heavy (non-hydrogen) atoms. The smallest absolute Gasteiger partial charge is 0.312 e. The van der Waals surface area contributed by atoms with E-state index in [4.69, 9.17) is 13.6 Å². The first-order valence-corrected chi connectivity index (χ1v) is 9.63. The maximum atomic E-state index is 5.76. The minimum atomic E-state index is -1.11. The standard InChI is InChI=1S/C16H35O3P/c1-4-7-10-11-12-13-16-19-20(17-14-8-5-2)18-15-9-6-3/h4-16H2,1-3H3. The first-order chi connectivity index (χ1) is 9.85. The lowest BCUT2D eigenvalue weighted by molar-refractivity contribution is 0.155. The molecular weight excluding hydrogens is 271 g/mol. The van der Waals surface area contributed by atoms with E-state index in [9.17, 15) is 0 Å². The number of rotatable bonds is 16. The van der Waals surface area contributed by atoms with Gasteiger partial charge in [0, 0.05) is 0 Å². The molecule has 0 aromatic carbocycles. The average Bonchev–Trinajstić information content (AvgIpc) is 2.46. The van der Waals surface area contributed by atoms with Gasteiger partial charge in [0.2, 0.25) is 0 Å². The molecule has 122 valence electrons. The molecule has 0 amide bonds. The zero-order valence-corrected chi connectivity index (χ0v) is 14.8. The fourth-order valence-corrected chi connectivity index (χ4v) is 2.76. The Morgan fingerprint density at radius 1 is 0.500 bits per heavy atom. The van der Waals surface area contributed by atoms with Crippen molar-refractivity contribution in [2.45, 2.75) is 85.0 Å². The monoisotopic (exact) mass is 306 g/mol. The molecule has 0 fully saturated rings. The maximum Gasteiger partial charge on any atom is 0.332 e. The summed E-state index contributed by atoms with van der Waals surface area (Å²) in [5.74, 6) is 0. The second kappa shape index (κ2) is 17.4. The van der Waals surface area contributed by atoms with Crippen molar-refractivity contribution >= 4 is 8.60 Å². The molecule has 3 nitrogen and oxygen atoms in total. The van der Waals surface area contributed by atoms with Crippen LogP contribution in [-0.2, 0) is 13.6 Å². The predicted molar refractivity (Wildman–Crippen MR) is 88.0 cm³/mol. The second-order valence-electron chi connectivity index (χ2n) is 5.20. The van der Waals surface area contributed by atoms with Crippen molar-refractivity contribution in [3.8, 4) is 0 Å². The maximum absolute atomic E-state index is 5.76. The summed E-state index contributed by atoms with van der Waals surface area (Å²) in [7, 11) is -1.11. The van der Waals surface area contributed by atoms with Gasteiger partial charge in [-0.05, 0) is 19.3 Å². The topological polar surface area (TPSA) is 27.7 Å². The molecule has 0 saturated heterocycles. The van der Waals surface area contributed by atoms with Crippen LogP contribution in [0.15, 0.2) is 0 Å². The van der Waals surface area contributed by atoms with Gasteiger partial charge in [-0.3, -0.25) is 0 Å². The summed E-state index contributed by atoms with van der Waals surface area (Å²) in [6.45, 7) is 8.87. The van der Waals surface area contributed by atoms with E-state index in [2.05, 4.69) is 20.8 Å². The van der Waals surface area contributed by atoms with Crippen LogP contribution in [0, 0.1) is 0 Å². The Kier molecular flexibility index (Phi) is 17.6. The Balaban J connectivity index is 3.56. The molecular formula is C16H35O3P. The van der Waals surface area contributed by atoms with Crippen LogP contribution in [0.2, 0.25) is 0 Å². The molecule has 0 N–H and O–H groups in total. The highest BCUT2D eigenvalue weighted by molar-refractivity contribution is 7.41. The quantitative estimate of drug-likeness (QED) is 0.250. The third-order valence-corrected chi connectivity index (χ3v) is 4.26. The Morgan fingerprint density at radius 2 is 0.900 bits per heavy atom. The van der Waals surface area contributed by atoms with E-state index >= 15 is 0 Å². The van der Waals surface area contributed by atoms with E-state index in [0.29, 0.717) is 0 Å². The molecule has 0 aromatic rings. The van der Waals surface area contributed by atoms with E-state index in [1.54, 1.807) is 0 Å². The van der Waals surface area contributed by atoms with Crippen LogP contribution in [0.1, 0.15) is 85.0 Å². The van der Waals surface area contributed by atoms with Gasteiger partial charge in [0.05, 0.1) is 19.8 Å². The molecule has 0 aliphatic heterocycles. The summed E-state index contributed by atoms with van der Waals surface area (Å²) >= 11 is 0. The van der Waals surface area contributed by atoms with Gasteiger partial charge >= 0.3 is 8.60 Å². The van der Waals surface area contributed by atoms with Gasteiger partial charge in [-0.25, -0.2) is 0 Å². The third-order valence-electron chi connectivity index (χ3n) is 3.08. The Bertz CT molecular complexity index is 169. The summed E-state index contributed by atoms with van der Waals surface area (Å²) in [5.41, 5.74) is 0. The molecule has 4 heteroatoms. The zero-order chi connectivity index (χ0) is 14.9. The van der Waals surface area contributed by atoms with E-state index in [-0.39, 0.29) is 0 Å². The highest BCUT2D eigenvalue weighted by atomic mass is 31.2. The van der Waals surface area contributed by atoms with Gasteiger partial charge in [0.15, 0.2) is 0 Å². The third kappa shape index (κ3) is 14.7. The van der Waals surface area contributed by atoms with Gasteiger partial charge in [0.25, 0.3) is 0 Å². The Labute approximate surface area is 127 Å². The summed E-state index contributed by atoms with van der Waals surface area (Å²) in [6.07, 6.45) is 12.2. The first-order valence-electron chi connectivity index (χ1n) is 8.54. The highest BCUT2D eigenvalue weighted by Crippen LogP contribution is 2.40. The normalized spacial score (nSPS) is 11.4. The van der Waals surface area contributed by atoms with Gasteiger partial charge in [-0.2, -0.15) is 0 Å². The van der Waals surface area contributed by atoms with Crippen molar-refractivity contribution in [2.75, 3.05) is 19.8 Å². The van der Waals surface area contributed by atoms with Crippen LogP contribution in [0.3, 0.4) is 0 Å². The van der Waals surface area contributed by atoms with Crippen molar-refractivity contribution in [3.05, 3.63) is 0 Å². The van der Waals surface area contributed by atoms with Crippen molar-refractivity contribution in [1.82, 2.24) is 0 Å². The minimum absolute atomic E-state index is 0.755. The van der Waals surface area contributed by atoms with E-state index in [1.165, 1.54) is 32.1 Å². The molecule has 0 spiro atoms. The van der Waals surface area contributed by atoms with Crippen LogP contribution in [0.25, 0.3) is 0 Å². The van der Waals surface area contributed by atoms with Crippen LogP contribution in [0.5, 0.6) is 0 Å². The molecule has 0 aromatic heterocycles. The lowest BCUT2D eigenvalue weighted by Crippen LogP contribution is -2.00. The highest BCUT2D eigenvalue weighted by Gasteiger charge is 2.11. The zero-order valence-electron chi connectivity index (χ0n) is 13.9. The van der Waals surface area contributed by atoms with Gasteiger partial charge < -0.3 is 13.6 Å². The lowest BCUT2D eigenvalue weighted by Gasteiger charge is -2.16. The van der Waals surface area contributed by atoms with Gasteiger partial charge in [-0.15, -0.1) is 0 Å².